The van der Waals surface area contributed by atoms with E-state index in [2.05, 4.69) is 10.5 Å². The minimum absolute atomic E-state index is 0.119. The molecular formula is C20H26N2O5. The highest BCUT2D eigenvalue weighted by molar-refractivity contribution is 5.93. The topological polar surface area (TPSA) is 82.8 Å². The quantitative estimate of drug-likeness (QED) is 0.863. The van der Waals surface area contributed by atoms with Crippen molar-refractivity contribution in [1.29, 1.82) is 0 Å². The number of methoxy groups -OCH3 is 2. The Bertz CT molecular complexity index is 841. The number of hydrogen-bond acceptors (Lipinski definition) is 6. The lowest BCUT2D eigenvalue weighted by molar-refractivity contribution is -0.0693. The molecule has 1 atom stereocenters. The van der Waals surface area contributed by atoms with Crippen molar-refractivity contribution < 1.29 is 23.5 Å². The Morgan fingerprint density at radius 2 is 1.93 bits per heavy atom. The summed E-state index contributed by atoms with van der Waals surface area (Å²) in [5, 5.41) is 6.94. The van der Waals surface area contributed by atoms with E-state index >= 15 is 0 Å². The van der Waals surface area contributed by atoms with Gasteiger partial charge in [0, 0.05) is 6.07 Å². The van der Waals surface area contributed by atoms with Gasteiger partial charge in [0.15, 0.2) is 11.5 Å². The minimum atomic E-state index is -0.457. The molecule has 1 aromatic heterocycles. The van der Waals surface area contributed by atoms with Gasteiger partial charge in [0.25, 0.3) is 5.91 Å². The molecule has 1 saturated heterocycles. The third-order valence-electron chi connectivity index (χ3n) is 4.79. The van der Waals surface area contributed by atoms with Crippen molar-refractivity contribution in [1.82, 2.24) is 10.5 Å². The molecule has 146 valence electrons. The molecule has 7 nitrogen and oxygen atoms in total. The van der Waals surface area contributed by atoms with Crippen LogP contribution in [0, 0.1) is 0 Å². The van der Waals surface area contributed by atoms with Crippen LogP contribution in [0.2, 0.25) is 0 Å². The smallest absolute Gasteiger partial charge is 0.273 e. The van der Waals surface area contributed by atoms with Gasteiger partial charge >= 0.3 is 0 Å². The van der Waals surface area contributed by atoms with Gasteiger partial charge in [0.05, 0.1) is 37.0 Å². The van der Waals surface area contributed by atoms with Crippen LogP contribution in [0.4, 0.5) is 0 Å². The van der Waals surface area contributed by atoms with Crippen LogP contribution in [0.5, 0.6) is 11.5 Å². The number of benzene rings is 1. The first-order valence-electron chi connectivity index (χ1n) is 8.85. The number of ether oxygens (including phenoxy) is 3. The van der Waals surface area contributed by atoms with Crippen molar-refractivity contribution in [3.63, 3.8) is 0 Å². The average Bonchev–Trinajstić information content (AvgIpc) is 3.16. The zero-order chi connectivity index (χ0) is 19.8. The first-order chi connectivity index (χ1) is 12.6. The molecule has 27 heavy (non-hydrogen) atoms. The molecule has 1 unspecified atom stereocenters. The summed E-state index contributed by atoms with van der Waals surface area (Å²) in [6.07, 6.45) is 0.722. The van der Waals surface area contributed by atoms with Crippen LogP contribution in [0.1, 0.15) is 44.6 Å². The van der Waals surface area contributed by atoms with E-state index in [1.807, 2.05) is 27.7 Å². The Morgan fingerprint density at radius 3 is 2.52 bits per heavy atom. The molecular weight excluding hydrogens is 348 g/mol. The lowest BCUT2D eigenvalue weighted by Gasteiger charge is -2.27. The molecule has 1 aliphatic rings. The lowest BCUT2D eigenvalue weighted by Crippen LogP contribution is -2.46. The van der Waals surface area contributed by atoms with Crippen LogP contribution < -0.4 is 14.8 Å². The SMILES string of the molecule is COc1ccc(OC)c(-c2cc(C(=O)NC3CC(C)(C)OC3(C)C)no2)c1. The van der Waals surface area contributed by atoms with Gasteiger partial charge in [0.1, 0.15) is 11.5 Å². The fourth-order valence-corrected chi connectivity index (χ4v) is 3.54. The number of aromatic nitrogens is 1. The molecule has 7 heteroatoms. The van der Waals surface area contributed by atoms with Crippen LogP contribution in [-0.4, -0.2) is 42.5 Å². The van der Waals surface area contributed by atoms with Crippen LogP contribution in [0.15, 0.2) is 28.8 Å². The highest BCUT2D eigenvalue weighted by atomic mass is 16.5. The molecule has 1 amide bonds. The second-order valence-corrected chi connectivity index (χ2v) is 7.84. The first kappa shape index (κ1) is 19.2. The molecule has 0 radical (unpaired) electrons. The predicted octanol–water partition coefficient (Wildman–Crippen LogP) is 3.43. The fraction of sp³-hybridized carbons (Fsp3) is 0.500. The second kappa shape index (κ2) is 6.88. The Morgan fingerprint density at radius 1 is 1.19 bits per heavy atom. The Balaban J connectivity index is 1.81. The molecule has 2 heterocycles. The Hall–Kier alpha value is -2.54. The summed E-state index contributed by atoms with van der Waals surface area (Å²) in [5.41, 5.74) is 0.121. The molecule has 0 spiro atoms. The maximum atomic E-state index is 12.7. The third-order valence-corrected chi connectivity index (χ3v) is 4.79. The molecule has 0 bridgehead atoms. The van der Waals surface area contributed by atoms with Crippen molar-refractivity contribution in [2.45, 2.75) is 51.4 Å². The zero-order valence-electron chi connectivity index (χ0n) is 16.6. The molecule has 1 aliphatic heterocycles. The van der Waals surface area contributed by atoms with E-state index in [0.717, 1.165) is 6.42 Å². The van der Waals surface area contributed by atoms with Gasteiger partial charge in [0.2, 0.25) is 0 Å². The van der Waals surface area contributed by atoms with Crippen molar-refractivity contribution in [2.75, 3.05) is 14.2 Å². The normalized spacial score (nSPS) is 20.3. The molecule has 1 aromatic carbocycles. The summed E-state index contributed by atoms with van der Waals surface area (Å²) >= 11 is 0. The summed E-state index contributed by atoms with van der Waals surface area (Å²) in [7, 11) is 3.15. The number of nitrogens with zero attached hydrogens (tertiary/aromatic N) is 1. The van der Waals surface area contributed by atoms with E-state index in [0.29, 0.717) is 22.8 Å². The number of carbonyl (C=O) groups is 1. The van der Waals surface area contributed by atoms with E-state index in [9.17, 15) is 4.79 Å². The Labute approximate surface area is 159 Å². The average molecular weight is 374 g/mol. The molecule has 2 aromatic rings. The maximum absolute atomic E-state index is 12.7. The minimum Gasteiger partial charge on any atom is -0.497 e. The fourth-order valence-electron chi connectivity index (χ4n) is 3.54. The molecule has 0 saturated carbocycles. The Kier molecular flexibility index (Phi) is 4.90. The summed E-state index contributed by atoms with van der Waals surface area (Å²) in [4.78, 5) is 12.7. The monoisotopic (exact) mass is 374 g/mol. The van der Waals surface area contributed by atoms with Crippen molar-refractivity contribution in [3.8, 4) is 22.8 Å². The molecule has 1 fully saturated rings. The molecule has 0 aliphatic carbocycles. The maximum Gasteiger partial charge on any atom is 0.273 e. The first-order valence-corrected chi connectivity index (χ1v) is 8.85. The largest absolute Gasteiger partial charge is 0.497 e. The standard InChI is InChI=1S/C20H26N2O5/c1-19(2)11-17(20(3,4)27-19)21-18(23)14-10-16(26-22-14)13-9-12(24-5)7-8-15(13)25-6/h7-10,17H,11H2,1-6H3,(H,21,23). The molecule has 1 N–H and O–H groups in total. The van der Waals surface area contributed by atoms with E-state index in [-0.39, 0.29) is 23.2 Å². The summed E-state index contributed by atoms with van der Waals surface area (Å²) in [5.74, 6) is 1.38. The van der Waals surface area contributed by atoms with Crippen LogP contribution in [0.3, 0.4) is 0 Å². The van der Waals surface area contributed by atoms with E-state index < -0.39 is 5.60 Å². The van der Waals surface area contributed by atoms with Crippen molar-refractivity contribution >= 4 is 5.91 Å². The number of hydrogen-bond donors (Lipinski definition) is 1. The van der Waals surface area contributed by atoms with Gasteiger partial charge in [-0.1, -0.05) is 5.16 Å². The van der Waals surface area contributed by atoms with Gasteiger partial charge in [-0.15, -0.1) is 0 Å². The van der Waals surface area contributed by atoms with Gasteiger partial charge in [-0.05, 0) is 52.3 Å². The third kappa shape index (κ3) is 3.93. The predicted molar refractivity (Wildman–Crippen MR) is 100 cm³/mol. The van der Waals surface area contributed by atoms with Gasteiger partial charge in [-0.25, -0.2) is 0 Å². The molecule has 3 rings (SSSR count). The van der Waals surface area contributed by atoms with Gasteiger partial charge in [-0.3, -0.25) is 4.79 Å². The summed E-state index contributed by atoms with van der Waals surface area (Å²) in [6.45, 7) is 7.98. The highest BCUT2D eigenvalue weighted by Gasteiger charge is 2.46. The van der Waals surface area contributed by atoms with Crippen LogP contribution in [0.25, 0.3) is 11.3 Å². The number of amides is 1. The van der Waals surface area contributed by atoms with Crippen molar-refractivity contribution in [3.05, 3.63) is 30.0 Å². The summed E-state index contributed by atoms with van der Waals surface area (Å²) < 4.78 is 22.0. The van der Waals surface area contributed by atoms with Gasteiger partial charge in [-0.2, -0.15) is 0 Å². The van der Waals surface area contributed by atoms with E-state index in [1.54, 1.807) is 38.5 Å². The van der Waals surface area contributed by atoms with Crippen LogP contribution in [-0.2, 0) is 4.74 Å². The van der Waals surface area contributed by atoms with Crippen LogP contribution >= 0.6 is 0 Å². The highest BCUT2D eigenvalue weighted by Crippen LogP contribution is 2.37. The number of carbonyl (C=O) groups excluding carboxylic acids is 1. The number of nitrogens with one attached hydrogen (secondary N) is 1. The number of rotatable bonds is 5. The van der Waals surface area contributed by atoms with E-state index in [4.69, 9.17) is 18.7 Å². The summed E-state index contributed by atoms with van der Waals surface area (Å²) in [6, 6.07) is 6.82. The van der Waals surface area contributed by atoms with E-state index in [1.165, 1.54) is 0 Å². The zero-order valence-corrected chi connectivity index (χ0v) is 16.6. The van der Waals surface area contributed by atoms with Crippen molar-refractivity contribution in [2.24, 2.45) is 0 Å². The lowest BCUT2D eigenvalue weighted by atomic mass is 9.94. The second-order valence-electron chi connectivity index (χ2n) is 7.84. The van der Waals surface area contributed by atoms with Gasteiger partial charge < -0.3 is 24.1 Å².